The van der Waals surface area contributed by atoms with Crippen LogP contribution in [0, 0.1) is 5.82 Å². The Morgan fingerprint density at radius 1 is 1.21 bits per heavy atom. The fourth-order valence-corrected chi connectivity index (χ4v) is 6.12. The molecule has 0 aliphatic carbocycles. The Morgan fingerprint density at radius 2 is 1.98 bits per heavy atom. The largest absolute Gasteiger partial charge is 0.486 e. The second-order valence-electron chi connectivity index (χ2n) is 9.35. The van der Waals surface area contributed by atoms with Gasteiger partial charge in [0.2, 0.25) is 5.88 Å². The third kappa shape index (κ3) is 7.56. The van der Waals surface area contributed by atoms with Crippen molar-refractivity contribution in [3.8, 4) is 11.6 Å². The monoisotopic (exact) mass is 644 g/mol. The number of hydrogen-bond acceptors (Lipinski definition) is 7. The van der Waals surface area contributed by atoms with Crippen molar-refractivity contribution in [2.75, 3.05) is 24.1 Å². The van der Waals surface area contributed by atoms with Crippen molar-refractivity contribution in [2.45, 2.75) is 36.4 Å². The van der Waals surface area contributed by atoms with Gasteiger partial charge in [-0.3, -0.25) is 9.10 Å². The van der Waals surface area contributed by atoms with Gasteiger partial charge in [-0.25, -0.2) is 17.8 Å². The summed E-state index contributed by atoms with van der Waals surface area (Å²) in [6, 6.07) is 8.91. The van der Waals surface area contributed by atoms with Crippen LogP contribution >= 0.6 is 11.6 Å². The number of aliphatic hydroxyl groups excluding tert-OH is 1. The molecular weight excluding hydrogens is 620 g/mol. The quantitative estimate of drug-likeness (QED) is 0.203. The van der Waals surface area contributed by atoms with Crippen LogP contribution in [-0.2, 0) is 21.0 Å². The second-order valence-corrected chi connectivity index (χ2v) is 11.6. The first-order valence-corrected chi connectivity index (χ1v) is 14.6. The summed E-state index contributed by atoms with van der Waals surface area (Å²) in [5, 5.41) is 18.3. The molecule has 4 rings (SSSR count). The van der Waals surface area contributed by atoms with Gasteiger partial charge < -0.3 is 19.7 Å². The van der Waals surface area contributed by atoms with Crippen molar-refractivity contribution < 1.29 is 50.5 Å². The van der Waals surface area contributed by atoms with E-state index in [9.17, 15) is 30.8 Å². The minimum absolute atomic E-state index is 0.0400. The van der Waals surface area contributed by atoms with Crippen LogP contribution in [0.4, 0.5) is 23.2 Å². The summed E-state index contributed by atoms with van der Waals surface area (Å²) in [6.45, 7) is -1.38. The van der Waals surface area contributed by atoms with E-state index in [1.54, 1.807) is 6.07 Å². The molecule has 0 saturated heterocycles. The lowest BCUT2D eigenvalue weighted by Gasteiger charge is -2.36. The number of carbonyl (C=O) groups is 1. The van der Waals surface area contributed by atoms with Gasteiger partial charge in [0.25, 0.3) is 10.0 Å². The molecule has 1 aliphatic rings. The molecule has 2 heterocycles. The molecule has 3 aromatic rings. The van der Waals surface area contributed by atoms with Crippen molar-refractivity contribution in [1.82, 2.24) is 4.98 Å². The lowest BCUT2D eigenvalue weighted by molar-refractivity contribution is -0.138. The predicted octanol–water partition coefficient (Wildman–Crippen LogP) is 5.65. The summed E-state index contributed by atoms with van der Waals surface area (Å²) < 4.78 is 95.1. The first kappa shape index (κ1) is 32.0. The summed E-state index contributed by atoms with van der Waals surface area (Å²) in [4.78, 5) is 13.7. The Kier molecular flexibility index (Phi) is 9.82. The fourth-order valence-electron chi connectivity index (χ4n) is 4.28. The van der Waals surface area contributed by atoms with Gasteiger partial charge in [0.05, 0.1) is 29.4 Å². The van der Waals surface area contributed by atoms with Gasteiger partial charge >= 0.3 is 12.1 Å². The van der Waals surface area contributed by atoms with Crippen LogP contribution in [0.25, 0.3) is 12.2 Å². The summed E-state index contributed by atoms with van der Waals surface area (Å²) in [5.41, 5.74) is -0.916. The highest BCUT2D eigenvalue weighted by atomic mass is 35.5. The Labute approximate surface area is 249 Å². The van der Waals surface area contributed by atoms with Gasteiger partial charge in [-0.2, -0.15) is 13.2 Å². The topological polar surface area (TPSA) is 126 Å². The zero-order valence-corrected chi connectivity index (χ0v) is 23.8. The average molecular weight is 645 g/mol. The third-order valence-corrected chi connectivity index (χ3v) is 8.42. The highest BCUT2D eigenvalue weighted by Crippen LogP contribution is 2.41. The molecule has 0 fully saturated rings. The van der Waals surface area contributed by atoms with E-state index in [2.05, 4.69) is 4.98 Å². The molecule has 0 bridgehead atoms. The molecule has 0 unspecified atom stereocenters. The Morgan fingerprint density at radius 3 is 2.65 bits per heavy atom. The maximum absolute atomic E-state index is 14.3. The molecule has 0 spiro atoms. The van der Waals surface area contributed by atoms with E-state index in [-0.39, 0.29) is 47.8 Å². The van der Waals surface area contributed by atoms with Gasteiger partial charge in [-0.1, -0.05) is 29.8 Å². The number of hydrogen-bond donors (Lipinski definition) is 2. The van der Waals surface area contributed by atoms with E-state index < -0.39 is 63.6 Å². The van der Waals surface area contributed by atoms with Crippen LogP contribution in [0.3, 0.4) is 0 Å². The molecule has 0 amide bonds. The number of halogens is 5. The zero-order chi connectivity index (χ0) is 31.4. The van der Waals surface area contributed by atoms with E-state index in [1.165, 1.54) is 42.5 Å². The maximum atomic E-state index is 14.3. The number of aliphatic carboxylic acids is 1. The Balaban J connectivity index is 1.81. The van der Waals surface area contributed by atoms with Crippen LogP contribution in [0.15, 0.2) is 53.6 Å². The Hall–Kier alpha value is -3.88. The van der Waals surface area contributed by atoms with Crippen LogP contribution in [0.2, 0.25) is 5.02 Å². The third-order valence-electron chi connectivity index (χ3n) is 6.32. The van der Waals surface area contributed by atoms with Crippen LogP contribution in [0.1, 0.15) is 36.0 Å². The summed E-state index contributed by atoms with van der Waals surface area (Å²) >= 11 is 6.09. The molecule has 9 nitrogen and oxygen atoms in total. The van der Waals surface area contributed by atoms with Crippen LogP contribution < -0.4 is 13.8 Å². The van der Waals surface area contributed by atoms with E-state index in [0.717, 1.165) is 4.31 Å². The van der Waals surface area contributed by atoms with Gasteiger partial charge in [0.15, 0.2) is 4.90 Å². The number of aromatic nitrogens is 1. The number of pyridine rings is 1. The van der Waals surface area contributed by atoms with E-state index in [1.807, 2.05) is 0 Å². The van der Waals surface area contributed by atoms with Crippen LogP contribution in [0.5, 0.6) is 11.6 Å². The van der Waals surface area contributed by atoms with Gasteiger partial charge in [0.1, 0.15) is 24.3 Å². The Bertz CT molecular complexity index is 1610. The van der Waals surface area contributed by atoms with E-state index >= 15 is 0 Å². The number of anilines is 1. The number of nitrogens with zero attached hydrogens (tertiary/aromatic N) is 2. The number of rotatable bonds is 11. The molecule has 230 valence electrons. The van der Waals surface area contributed by atoms with Crippen molar-refractivity contribution in [3.63, 3.8) is 0 Å². The molecule has 1 atom stereocenters. The summed E-state index contributed by atoms with van der Waals surface area (Å²) in [6.07, 6.45) is -2.45. The SMILES string of the molecule is O=C(O)CCC[C@H]1CN(S(=O)(=O)c2cc(C(F)(F)F)cnc2OCCO)c2cc(/C=C/c3c(F)cccc3Cl)ccc2O1. The molecule has 2 N–H and O–H groups in total. The number of benzene rings is 2. The predicted molar refractivity (Wildman–Crippen MR) is 149 cm³/mol. The molecule has 0 radical (unpaired) electrons. The normalized spacial score (nSPS) is 15.3. The van der Waals surface area contributed by atoms with Crippen LogP contribution in [-0.4, -0.2) is 55.4 Å². The van der Waals surface area contributed by atoms with Gasteiger partial charge in [-0.15, -0.1) is 0 Å². The van der Waals surface area contributed by atoms with Gasteiger partial charge in [0, 0.05) is 18.2 Å². The number of alkyl halides is 3. The molecule has 1 aliphatic heterocycles. The molecule has 43 heavy (non-hydrogen) atoms. The minimum Gasteiger partial charge on any atom is -0.486 e. The molecule has 15 heteroatoms. The first-order valence-electron chi connectivity index (χ1n) is 12.8. The lowest BCUT2D eigenvalue weighted by Crippen LogP contribution is -2.43. The molecule has 2 aromatic carbocycles. The first-order chi connectivity index (χ1) is 20.3. The highest BCUT2D eigenvalue weighted by molar-refractivity contribution is 7.93. The van der Waals surface area contributed by atoms with E-state index in [4.69, 9.17) is 31.3 Å². The summed E-state index contributed by atoms with van der Waals surface area (Å²) in [5.74, 6) is -2.24. The van der Waals surface area contributed by atoms with E-state index in [0.29, 0.717) is 17.8 Å². The van der Waals surface area contributed by atoms with Crippen molar-refractivity contribution in [2.24, 2.45) is 0 Å². The maximum Gasteiger partial charge on any atom is 0.417 e. The second kappa shape index (κ2) is 13.2. The number of sulfonamides is 1. The fraction of sp³-hybridized carbons (Fsp3) is 0.286. The standard InChI is InChI=1S/C28H25ClF4N2O7S/c29-21-4-2-5-22(30)20(21)9-7-17-8-10-24-23(13-17)35(16-19(42-24)3-1-6-26(37)38)43(39,40)25-14-18(28(31,32)33)15-34-27(25)41-12-11-36/h2,4-5,7-10,13-15,19,36H,1,3,6,11-12,16H2,(H,37,38)/b9-7+/t19-/m0/s1. The van der Waals surface area contributed by atoms with Gasteiger partial charge in [-0.05, 0) is 54.8 Å². The number of carboxylic acids is 1. The minimum atomic E-state index is -4.93. The molecule has 1 aromatic heterocycles. The lowest BCUT2D eigenvalue weighted by atomic mass is 10.1. The number of ether oxygens (including phenoxy) is 2. The number of carboxylic acid groups (broad SMARTS) is 1. The summed E-state index contributed by atoms with van der Waals surface area (Å²) in [7, 11) is -4.83. The average Bonchev–Trinajstić information content (AvgIpc) is 2.94. The highest BCUT2D eigenvalue weighted by Gasteiger charge is 2.39. The zero-order valence-electron chi connectivity index (χ0n) is 22.2. The van der Waals surface area contributed by atoms with Crippen molar-refractivity contribution >= 4 is 45.4 Å². The number of fused-ring (bicyclic) bond motifs is 1. The molecule has 0 saturated carbocycles. The van der Waals surface area contributed by atoms with Crippen molar-refractivity contribution in [3.05, 3.63) is 76.2 Å². The molecular formula is C28H25ClF4N2O7S. The van der Waals surface area contributed by atoms with Crippen molar-refractivity contribution in [1.29, 1.82) is 0 Å². The number of aliphatic hydroxyl groups is 1. The smallest absolute Gasteiger partial charge is 0.417 e.